The van der Waals surface area contributed by atoms with Gasteiger partial charge in [0.15, 0.2) is 11.6 Å². The van der Waals surface area contributed by atoms with Gasteiger partial charge in [-0.3, -0.25) is 9.59 Å². The molecule has 3 rings (SSSR count). The predicted octanol–water partition coefficient (Wildman–Crippen LogP) is 4.73. The molecule has 0 unspecified atom stereocenters. The Morgan fingerprint density at radius 1 is 0.840 bits per heavy atom. The van der Waals surface area contributed by atoms with Crippen LogP contribution in [0.5, 0.6) is 0 Å². The molecule has 1 aliphatic carbocycles. The second kappa shape index (κ2) is 7.22. The van der Waals surface area contributed by atoms with Crippen molar-refractivity contribution in [1.82, 2.24) is 0 Å². The lowest BCUT2D eigenvalue weighted by atomic mass is 9.79. The molecule has 0 saturated heterocycles. The van der Waals surface area contributed by atoms with E-state index < -0.39 is 0 Å². The molecule has 0 spiro atoms. The number of nitrogens with two attached hydrogens (primary N) is 1. The van der Waals surface area contributed by atoms with Crippen molar-refractivity contribution in [2.24, 2.45) is 0 Å². The number of ketones is 2. The molecule has 2 aromatic rings. The molecule has 0 atom stereocenters. The van der Waals surface area contributed by atoms with Gasteiger partial charge in [0.05, 0.1) is 5.56 Å². The molecule has 0 bridgehead atoms. The molecule has 3 nitrogen and oxygen atoms in total. The number of carbonyl (C=O) groups is 2. The molecule has 0 saturated carbocycles. The van der Waals surface area contributed by atoms with E-state index >= 15 is 0 Å². The summed E-state index contributed by atoms with van der Waals surface area (Å²) in [6, 6.07) is 8.97. The average Bonchev–Trinajstić information content (AvgIpc) is 2.63. The number of unbranched alkanes of at least 4 members (excludes halogenated alkanes) is 2. The number of carbonyl (C=O) groups excluding carboxylic acids is 2. The molecule has 0 aliphatic heterocycles. The van der Waals surface area contributed by atoms with Crippen LogP contribution in [0.25, 0.3) is 0 Å². The highest BCUT2D eigenvalue weighted by Gasteiger charge is 2.32. The lowest BCUT2D eigenvalue weighted by molar-refractivity contribution is 0.0979. The molecule has 0 amide bonds. The quantitative estimate of drug-likeness (QED) is 0.663. The molecule has 1 aliphatic rings. The van der Waals surface area contributed by atoms with Crippen molar-refractivity contribution in [3.8, 4) is 0 Å². The van der Waals surface area contributed by atoms with Crippen LogP contribution in [-0.4, -0.2) is 11.6 Å². The highest BCUT2D eigenvalue weighted by molar-refractivity contribution is 6.30. The van der Waals surface area contributed by atoms with E-state index in [2.05, 4.69) is 13.8 Å². The van der Waals surface area contributed by atoms with Gasteiger partial charge < -0.3 is 5.73 Å². The third-order valence-corrected chi connectivity index (χ3v) is 5.04. The van der Waals surface area contributed by atoms with Gasteiger partial charge in [-0.05, 0) is 42.9 Å². The van der Waals surface area contributed by atoms with E-state index in [1.54, 1.807) is 24.3 Å². The SMILES string of the molecule is CCCCc1cc2c(c(N)c1CCCC)C(=O)c1ccccc1C2=O. The standard InChI is InChI=1S/C22H25NO2/c1-3-5-9-14-13-18-19(20(23)15(14)10-6-4-2)22(25)17-12-8-7-11-16(17)21(18)24/h7-8,11-13H,3-6,9-10,23H2,1-2H3. The number of benzene rings is 2. The highest BCUT2D eigenvalue weighted by atomic mass is 16.1. The summed E-state index contributed by atoms with van der Waals surface area (Å²) in [4.78, 5) is 25.9. The Kier molecular flexibility index (Phi) is 5.03. The van der Waals surface area contributed by atoms with Gasteiger partial charge in [-0.25, -0.2) is 0 Å². The van der Waals surface area contributed by atoms with Gasteiger partial charge in [-0.2, -0.15) is 0 Å². The number of fused-ring (bicyclic) bond motifs is 2. The van der Waals surface area contributed by atoms with E-state index in [1.807, 2.05) is 6.07 Å². The van der Waals surface area contributed by atoms with Crippen molar-refractivity contribution in [3.63, 3.8) is 0 Å². The molecular weight excluding hydrogens is 310 g/mol. The maximum atomic E-state index is 13.0. The Morgan fingerprint density at radius 3 is 2.08 bits per heavy atom. The summed E-state index contributed by atoms with van der Waals surface area (Å²) in [6.45, 7) is 4.30. The van der Waals surface area contributed by atoms with Crippen LogP contribution in [0.3, 0.4) is 0 Å². The Balaban J connectivity index is 2.19. The second-order valence-electron chi connectivity index (χ2n) is 6.76. The zero-order chi connectivity index (χ0) is 18.0. The number of hydrogen-bond acceptors (Lipinski definition) is 3. The molecule has 3 heteroatoms. The number of rotatable bonds is 6. The summed E-state index contributed by atoms with van der Waals surface area (Å²) in [5.41, 5.74) is 11.0. The van der Waals surface area contributed by atoms with Crippen LogP contribution >= 0.6 is 0 Å². The Labute approximate surface area is 149 Å². The molecule has 0 radical (unpaired) electrons. The minimum Gasteiger partial charge on any atom is -0.398 e. The molecule has 25 heavy (non-hydrogen) atoms. The number of nitrogen functional groups attached to an aromatic ring is 1. The topological polar surface area (TPSA) is 60.2 Å². The van der Waals surface area contributed by atoms with Crippen LogP contribution in [0, 0.1) is 0 Å². The number of hydrogen-bond donors (Lipinski definition) is 1. The van der Waals surface area contributed by atoms with Crippen LogP contribution in [0.4, 0.5) is 5.69 Å². The molecular formula is C22H25NO2. The fourth-order valence-corrected chi connectivity index (χ4v) is 3.62. The fourth-order valence-electron chi connectivity index (χ4n) is 3.62. The molecule has 2 aromatic carbocycles. The number of anilines is 1. The van der Waals surface area contributed by atoms with Gasteiger partial charge in [0.2, 0.25) is 0 Å². The second-order valence-corrected chi connectivity index (χ2v) is 6.76. The van der Waals surface area contributed by atoms with Crippen molar-refractivity contribution >= 4 is 17.3 Å². The van der Waals surface area contributed by atoms with Crippen molar-refractivity contribution in [2.75, 3.05) is 5.73 Å². The van der Waals surface area contributed by atoms with Gasteiger partial charge in [-0.1, -0.05) is 51.0 Å². The van der Waals surface area contributed by atoms with E-state index in [0.717, 1.165) is 49.7 Å². The molecule has 130 valence electrons. The van der Waals surface area contributed by atoms with E-state index in [4.69, 9.17) is 5.73 Å². The lowest BCUT2D eigenvalue weighted by Crippen LogP contribution is -2.24. The van der Waals surface area contributed by atoms with Crippen molar-refractivity contribution in [3.05, 3.63) is 63.7 Å². The summed E-state index contributed by atoms with van der Waals surface area (Å²) >= 11 is 0. The van der Waals surface area contributed by atoms with Gasteiger partial charge in [-0.15, -0.1) is 0 Å². The smallest absolute Gasteiger partial charge is 0.196 e. The normalized spacial score (nSPS) is 12.9. The minimum atomic E-state index is -0.123. The maximum absolute atomic E-state index is 13.0. The summed E-state index contributed by atoms with van der Waals surface area (Å²) in [5.74, 6) is -0.209. The first-order chi connectivity index (χ1) is 12.1. The van der Waals surface area contributed by atoms with E-state index in [-0.39, 0.29) is 11.6 Å². The lowest BCUT2D eigenvalue weighted by Gasteiger charge is -2.23. The third kappa shape index (κ3) is 2.99. The molecule has 0 fully saturated rings. The predicted molar refractivity (Wildman–Crippen MR) is 101 cm³/mol. The zero-order valence-electron chi connectivity index (χ0n) is 15.0. The summed E-state index contributed by atoms with van der Waals surface area (Å²) < 4.78 is 0. The first-order valence-corrected chi connectivity index (χ1v) is 9.22. The van der Waals surface area contributed by atoms with E-state index in [0.29, 0.717) is 27.9 Å². The molecule has 2 N–H and O–H groups in total. The Bertz CT molecular complexity index is 836. The Hall–Kier alpha value is -2.42. The van der Waals surface area contributed by atoms with Crippen LogP contribution in [-0.2, 0) is 12.8 Å². The largest absolute Gasteiger partial charge is 0.398 e. The van der Waals surface area contributed by atoms with Crippen LogP contribution in [0.2, 0.25) is 0 Å². The average molecular weight is 335 g/mol. The van der Waals surface area contributed by atoms with Gasteiger partial charge in [0.25, 0.3) is 0 Å². The Morgan fingerprint density at radius 2 is 1.44 bits per heavy atom. The van der Waals surface area contributed by atoms with Crippen LogP contribution in [0.1, 0.15) is 82.5 Å². The highest BCUT2D eigenvalue weighted by Crippen LogP contribution is 2.35. The molecule has 0 aromatic heterocycles. The summed E-state index contributed by atoms with van der Waals surface area (Å²) in [5, 5.41) is 0. The van der Waals surface area contributed by atoms with Crippen molar-refractivity contribution < 1.29 is 9.59 Å². The summed E-state index contributed by atoms with van der Waals surface area (Å²) in [6.07, 6.45) is 5.99. The van der Waals surface area contributed by atoms with Gasteiger partial charge >= 0.3 is 0 Å². The van der Waals surface area contributed by atoms with Gasteiger partial charge in [0.1, 0.15) is 0 Å². The van der Waals surface area contributed by atoms with Crippen molar-refractivity contribution in [2.45, 2.75) is 52.4 Å². The fraction of sp³-hybridized carbons (Fsp3) is 0.364. The zero-order valence-corrected chi connectivity index (χ0v) is 15.0. The van der Waals surface area contributed by atoms with Crippen LogP contribution in [0.15, 0.2) is 30.3 Å². The van der Waals surface area contributed by atoms with Gasteiger partial charge in [0, 0.05) is 22.4 Å². The minimum absolute atomic E-state index is 0.0864. The summed E-state index contributed by atoms with van der Waals surface area (Å²) in [7, 11) is 0. The monoisotopic (exact) mass is 335 g/mol. The van der Waals surface area contributed by atoms with Crippen molar-refractivity contribution in [1.29, 1.82) is 0 Å². The maximum Gasteiger partial charge on any atom is 0.196 e. The number of aryl methyl sites for hydroxylation is 1. The first-order valence-electron chi connectivity index (χ1n) is 9.22. The van der Waals surface area contributed by atoms with E-state index in [9.17, 15) is 9.59 Å². The first kappa shape index (κ1) is 17.4. The van der Waals surface area contributed by atoms with Crippen LogP contribution < -0.4 is 5.73 Å². The van der Waals surface area contributed by atoms with E-state index in [1.165, 1.54) is 0 Å². The molecule has 0 heterocycles. The third-order valence-electron chi connectivity index (χ3n) is 5.04.